The van der Waals surface area contributed by atoms with Crippen LogP contribution in [0.4, 0.5) is 0 Å². The standard InChI is InChI=1S/C13H16/c1-2-4-6-8-10-12-13-11-9-7-5-3-1/h1-8,11,13H,9-10,12H2/b3-1-,4-2+,7-5?,8-6-,13-11+. The topological polar surface area (TPSA) is 0 Å². The highest BCUT2D eigenvalue weighted by Crippen LogP contribution is 1.96. The normalized spacial score (nSPS) is 27.7. The summed E-state index contributed by atoms with van der Waals surface area (Å²) in [6, 6.07) is 0. The molecule has 0 aromatic heterocycles. The molecule has 0 bridgehead atoms. The molecule has 0 saturated carbocycles. The molecule has 0 aliphatic heterocycles. The van der Waals surface area contributed by atoms with E-state index in [4.69, 9.17) is 0 Å². The maximum atomic E-state index is 2.24. The molecule has 0 saturated heterocycles. The molecule has 0 amide bonds. The Hall–Kier alpha value is -1.30. The van der Waals surface area contributed by atoms with Crippen LogP contribution in [-0.4, -0.2) is 0 Å². The average Bonchev–Trinajstić information content (AvgIpc) is 2.18. The first-order chi connectivity index (χ1) is 6.50. The minimum atomic E-state index is 1.04. The first kappa shape index (κ1) is 9.79. The van der Waals surface area contributed by atoms with Crippen molar-refractivity contribution >= 4 is 0 Å². The van der Waals surface area contributed by atoms with Gasteiger partial charge in [0, 0.05) is 0 Å². The van der Waals surface area contributed by atoms with Gasteiger partial charge in [-0.25, -0.2) is 0 Å². The molecular formula is C13H16. The Kier molecular flexibility index (Phi) is 5.54. The molecule has 0 radical (unpaired) electrons. The Balaban J connectivity index is 2.50. The molecule has 0 aromatic rings. The molecule has 0 heterocycles. The molecule has 1 aliphatic carbocycles. The van der Waals surface area contributed by atoms with Crippen molar-refractivity contribution in [1.29, 1.82) is 0 Å². The summed E-state index contributed by atoms with van der Waals surface area (Å²) in [7, 11) is 0. The van der Waals surface area contributed by atoms with Crippen molar-refractivity contribution in [2.75, 3.05) is 0 Å². The van der Waals surface area contributed by atoms with E-state index in [0.717, 1.165) is 19.3 Å². The van der Waals surface area contributed by atoms with Crippen LogP contribution in [-0.2, 0) is 0 Å². The second-order valence-corrected chi connectivity index (χ2v) is 2.91. The molecule has 0 nitrogen and oxygen atoms in total. The summed E-state index contributed by atoms with van der Waals surface area (Å²) < 4.78 is 0. The van der Waals surface area contributed by atoms with Gasteiger partial charge < -0.3 is 0 Å². The predicted octanol–water partition coefficient (Wildman–Crippen LogP) is 3.95. The highest BCUT2D eigenvalue weighted by Gasteiger charge is 1.76. The van der Waals surface area contributed by atoms with Gasteiger partial charge in [-0.15, -0.1) is 0 Å². The largest absolute Gasteiger partial charge is 0.0879 e. The second kappa shape index (κ2) is 7.35. The second-order valence-electron chi connectivity index (χ2n) is 2.91. The van der Waals surface area contributed by atoms with E-state index in [9.17, 15) is 0 Å². The maximum absolute atomic E-state index is 2.24. The lowest BCUT2D eigenvalue weighted by molar-refractivity contribution is 1.04. The highest BCUT2D eigenvalue weighted by atomic mass is 13.8. The summed E-state index contributed by atoms with van der Waals surface area (Å²) in [4.78, 5) is 0. The van der Waals surface area contributed by atoms with E-state index in [1.807, 2.05) is 12.2 Å². The van der Waals surface area contributed by atoms with Crippen molar-refractivity contribution in [2.45, 2.75) is 19.3 Å². The Morgan fingerprint density at radius 3 is 1.92 bits per heavy atom. The molecule has 0 N–H and O–H groups in total. The van der Waals surface area contributed by atoms with Crippen molar-refractivity contribution in [1.82, 2.24) is 0 Å². The molecule has 0 spiro atoms. The third kappa shape index (κ3) is 5.92. The number of rotatable bonds is 0. The smallest absolute Gasteiger partial charge is 0.0166 e. The zero-order valence-electron chi connectivity index (χ0n) is 7.89. The zero-order chi connectivity index (χ0) is 9.19. The Morgan fingerprint density at radius 1 is 0.462 bits per heavy atom. The molecule has 0 fully saturated rings. The monoisotopic (exact) mass is 172 g/mol. The molecule has 0 atom stereocenters. The molecule has 0 aromatic carbocycles. The van der Waals surface area contributed by atoms with Crippen molar-refractivity contribution in [3.05, 3.63) is 60.8 Å². The molecule has 68 valence electrons. The van der Waals surface area contributed by atoms with Gasteiger partial charge in [0.15, 0.2) is 0 Å². The van der Waals surface area contributed by atoms with Crippen LogP contribution in [0.15, 0.2) is 60.8 Å². The lowest BCUT2D eigenvalue weighted by Gasteiger charge is -1.84. The van der Waals surface area contributed by atoms with E-state index in [1.54, 1.807) is 0 Å². The summed E-state index contributed by atoms with van der Waals surface area (Å²) in [6.45, 7) is 0. The third-order valence-corrected chi connectivity index (χ3v) is 1.77. The number of allylic oxidation sites excluding steroid dienone is 10. The van der Waals surface area contributed by atoms with E-state index in [2.05, 4.69) is 48.6 Å². The molecule has 13 heavy (non-hydrogen) atoms. The van der Waals surface area contributed by atoms with Crippen LogP contribution in [0.2, 0.25) is 0 Å². The van der Waals surface area contributed by atoms with Gasteiger partial charge in [-0.3, -0.25) is 0 Å². The van der Waals surface area contributed by atoms with Gasteiger partial charge in [-0.1, -0.05) is 60.8 Å². The van der Waals surface area contributed by atoms with Gasteiger partial charge in [0.2, 0.25) is 0 Å². The summed E-state index contributed by atoms with van der Waals surface area (Å²) in [5.41, 5.74) is 0. The maximum Gasteiger partial charge on any atom is -0.0166 e. The molecule has 0 unspecified atom stereocenters. The fraction of sp³-hybridized carbons (Fsp3) is 0.231. The third-order valence-electron chi connectivity index (χ3n) is 1.77. The summed E-state index contributed by atoms with van der Waals surface area (Å²) >= 11 is 0. The van der Waals surface area contributed by atoms with E-state index < -0.39 is 0 Å². The van der Waals surface area contributed by atoms with Crippen LogP contribution in [0, 0.1) is 0 Å². The Morgan fingerprint density at radius 2 is 1.08 bits per heavy atom. The minimum absolute atomic E-state index is 1.04. The highest BCUT2D eigenvalue weighted by molar-refractivity contribution is 5.16. The Bertz CT molecular complexity index is 249. The van der Waals surface area contributed by atoms with E-state index >= 15 is 0 Å². The fourth-order valence-corrected chi connectivity index (χ4v) is 1.07. The van der Waals surface area contributed by atoms with Crippen LogP contribution < -0.4 is 0 Å². The van der Waals surface area contributed by atoms with Crippen LogP contribution in [0.1, 0.15) is 19.3 Å². The first-order valence-electron chi connectivity index (χ1n) is 4.80. The Labute approximate surface area is 80.7 Å². The molecule has 1 rings (SSSR count). The van der Waals surface area contributed by atoms with E-state index in [1.165, 1.54) is 0 Å². The SMILES string of the molecule is C1=CC/C=C/CC\C=C/C=C/C=C\1. The minimum Gasteiger partial charge on any atom is -0.0879 e. The zero-order valence-corrected chi connectivity index (χ0v) is 7.89. The summed E-state index contributed by atoms with van der Waals surface area (Å²) in [5.74, 6) is 0. The van der Waals surface area contributed by atoms with E-state index in [-0.39, 0.29) is 0 Å². The average molecular weight is 172 g/mol. The predicted molar refractivity (Wildman–Crippen MR) is 59.6 cm³/mol. The van der Waals surface area contributed by atoms with Gasteiger partial charge >= 0.3 is 0 Å². The van der Waals surface area contributed by atoms with Crippen LogP contribution in [0.3, 0.4) is 0 Å². The lowest BCUT2D eigenvalue weighted by Crippen LogP contribution is -1.64. The van der Waals surface area contributed by atoms with Gasteiger partial charge in [0.25, 0.3) is 0 Å². The molecular weight excluding hydrogens is 156 g/mol. The van der Waals surface area contributed by atoms with Gasteiger partial charge in [0.05, 0.1) is 0 Å². The van der Waals surface area contributed by atoms with Crippen LogP contribution >= 0.6 is 0 Å². The van der Waals surface area contributed by atoms with Gasteiger partial charge in [-0.05, 0) is 19.3 Å². The fourth-order valence-electron chi connectivity index (χ4n) is 1.07. The lowest BCUT2D eigenvalue weighted by atomic mass is 10.2. The molecule has 1 aliphatic rings. The van der Waals surface area contributed by atoms with Gasteiger partial charge in [0.1, 0.15) is 0 Å². The van der Waals surface area contributed by atoms with Crippen molar-refractivity contribution in [2.24, 2.45) is 0 Å². The van der Waals surface area contributed by atoms with Crippen molar-refractivity contribution < 1.29 is 0 Å². The number of hydrogen-bond donors (Lipinski definition) is 0. The van der Waals surface area contributed by atoms with Crippen LogP contribution in [0.25, 0.3) is 0 Å². The van der Waals surface area contributed by atoms with E-state index in [0.29, 0.717) is 0 Å². The van der Waals surface area contributed by atoms with Gasteiger partial charge in [-0.2, -0.15) is 0 Å². The summed E-state index contributed by atoms with van der Waals surface area (Å²) in [6.07, 6.45) is 24.5. The van der Waals surface area contributed by atoms with Crippen molar-refractivity contribution in [3.63, 3.8) is 0 Å². The molecule has 0 heteroatoms. The van der Waals surface area contributed by atoms with Crippen LogP contribution in [0.5, 0.6) is 0 Å². The summed E-state index contributed by atoms with van der Waals surface area (Å²) in [5, 5.41) is 0. The quantitative estimate of drug-likeness (QED) is 0.485. The van der Waals surface area contributed by atoms with Crippen molar-refractivity contribution in [3.8, 4) is 0 Å². The number of hydrogen-bond acceptors (Lipinski definition) is 0. The first-order valence-corrected chi connectivity index (χ1v) is 4.80.